The van der Waals surface area contributed by atoms with Crippen molar-refractivity contribution in [3.63, 3.8) is 0 Å². The van der Waals surface area contributed by atoms with Gasteiger partial charge in [0.1, 0.15) is 0 Å². The molecule has 0 amide bonds. The molecule has 2 aliphatic rings. The van der Waals surface area contributed by atoms with Crippen LogP contribution in [0.2, 0.25) is 0 Å². The minimum absolute atomic E-state index is 0. The van der Waals surface area contributed by atoms with Gasteiger partial charge in [-0.2, -0.15) is 0 Å². The van der Waals surface area contributed by atoms with Crippen molar-refractivity contribution in [2.75, 3.05) is 46.4 Å². The summed E-state index contributed by atoms with van der Waals surface area (Å²) in [5.74, 6) is 1.57. The summed E-state index contributed by atoms with van der Waals surface area (Å²) in [5, 5.41) is 6.98. The molecule has 1 aromatic carbocycles. The average molecular weight is 486 g/mol. The minimum Gasteiger partial charge on any atom is -0.374 e. The molecule has 1 heterocycles. The number of nitrogens with one attached hydrogen (secondary N) is 2. The zero-order valence-electron chi connectivity index (χ0n) is 16.9. The van der Waals surface area contributed by atoms with E-state index in [4.69, 9.17) is 4.74 Å². The number of morpholine rings is 1. The topological polar surface area (TPSA) is 48.9 Å². The maximum atomic E-state index is 5.92. The molecule has 1 aliphatic heterocycles. The number of ether oxygens (including phenoxy) is 1. The third-order valence-electron chi connectivity index (χ3n) is 5.40. The van der Waals surface area contributed by atoms with Gasteiger partial charge < -0.3 is 15.4 Å². The lowest BCUT2D eigenvalue weighted by molar-refractivity contribution is -0.0284. The van der Waals surface area contributed by atoms with E-state index in [1.807, 2.05) is 7.05 Å². The summed E-state index contributed by atoms with van der Waals surface area (Å²) < 4.78 is 5.92. The second-order valence-electron chi connectivity index (χ2n) is 8.10. The number of nitrogens with zero attached hydrogens (tertiary/aromatic N) is 2. The van der Waals surface area contributed by atoms with Crippen LogP contribution < -0.4 is 10.6 Å². The van der Waals surface area contributed by atoms with Crippen LogP contribution in [0, 0.1) is 5.92 Å². The van der Waals surface area contributed by atoms with Crippen molar-refractivity contribution in [1.29, 1.82) is 0 Å². The molecule has 5 nitrogen and oxygen atoms in total. The van der Waals surface area contributed by atoms with Gasteiger partial charge in [0.25, 0.3) is 0 Å². The lowest BCUT2D eigenvalue weighted by Crippen LogP contribution is -2.50. The summed E-state index contributed by atoms with van der Waals surface area (Å²) >= 11 is 0. The van der Waals surface area contributed by atoms with Gasteiger partial charge >= 0.3 is 0 Å². The van der Waals surface area contributed by atoms with Crippen molar-refractivity contribution >= 4 is 29.9 Å². The molecule has 1 saturated heterocycles. The molecule has 1 saturated carbocycles. The largest absolute Gasteiger partial charge is 0.374 e. The zero-order valence-corrected chi connectivity index (χ0v) is 19.2. The fraction of sp³-hybridized carbons (Fsp3) is 0.667. The molecule has 0 bridgehead atoms. The van der Waals surface area contributed by atoms with Gasteiger partial charge in [0.05, 0.1) is 12.7 Å². The van der Waals surface area contributed by atoms with E-state index in [2.05, 4.69) is 64.7 Å². The van der Waals surface area contributed by atoms with Crippen LogP contribution in [-0.2, 0) is 10.2 Å². The molecule has 1 unspecified atom stereocenters. The van der Waals surface area contributed by atoms with Crippen molar-refractivity contribution in [2.24, 2.45) is 10.9 Å². The Morgan fingerprint density at radius 2 is 2.00 bits per heavy atom. The monoisotopic (exact) mass is 486 g/mol. The number of benzene rings is 1. The molecular weight excluding hydrogens is 451 g/mol. The summed E-state index contributed by atoms with van der Waals surface area (Å²) in [6.45, 7) is 10.3. The maximum Gasteiger partial charge on any atom is 0.191 e. The van der Waals surface area contributed by atoms with E-state index in [1.54, 1.807) is 0 Å². The first-order valence-corrected chi connectivity index (χ1v) is 9.95. The van der Waals surface area contributed by atoms with Gasteiger partial charge in [0.15, 0.2) is 5.96 Å². The number of aliphatic imine (C=N–C) groups is 1. The number of rotatable bonds is 7. The molecule has 2 fully saturated rings. The minimum atomic E-state index is 0. The third-order valence-corrected chi connectivity index (χ3v) is 5.40. The number of halogens is 1. The highest BCUT2D eigenvalue weighted by Gasteiger charge is 2.44. The number of guanidine groups is 1. The molecule has 27 heavy (non-hydrogen) atoms. The lowest BCUT2D eigenvalue weighted by atomic mass is 9.96. The predicted octanol–water partition coefficient (Wildman–Crippen LogP) is 2.86. The Hall–Kier alpha value is -0.860. The van der Waals surface area contributed by atoms with Crippen molar-refractivity contribution in [2.45, 2.75) is 38.2 Å². The Labute approximate surface area is 181 Å². The lowest BCUT2D eigenvalue weighted by Gasteiger charge is -2.34. The van der Waals surface area contributed by atoms with Crippen LogP contribution in [0.1, 0.15) is 32.3 Å². The van der Waals surface area contributed by atoms with Crippen LogP contribution in [0.15, 0.2) is 35.3 Å². The van der Waals surface area contributed by atoms with Gasteiger partial charge in [-0.05, 0) is 24.3 Å². The molecule has 6 heteroatoms. The zero-order chi connectivity index (χ0) is 18.4. The Kier molecular flexibility index (Phi) is 8.82. The molecule has 1 aliphatic carbocycles. The van der Waals surface area contributed by atoms with Gasteiger partial charge in [0, 0.05) is 45.2 Å². The fourth-order valence-corrected chi connectivity index (χ4v) is 3.78. The van der Waals surface area contributed by atoms with Gasteiger partial charge in [-0.25, -0.2) is 0 Å². The molecule has 2 N–H and O–H groups in total. The van der Waals surface area contributed by atoms with Gasteiger partial charge in [0.2, 0.25) is 0 Å². The molecule has 152 valence electrons. The summed E-state index contributed by atoms with van der Waals surface area (Å²) in [6.07, 6.45) is 2.72. The van der Waals surface area contributed by atoms with E-state index in [0.717, 1.165) is 45.3 Å². The van der Waals surface area contributed by atoms with E-state index in [-0.39, 0.29) is 35.5 Å². The van der Waals surface area contributed by atoms with Crippen molar-refractivity contribution < 1.29 is 4.74 Å². The highest BCUT2D eigenvalue weighted by molar-refractivity contribution is 14.0. The average Bonchev–Trinajstić information content (AvgIpc) is 3.44. The van der Waals surface area contributed by atoms with Crippen molar-refractivity contribution in [3.05, 3.63) is 35.9 Å². The Morgan fingerprint density at radius 3 is 2.63 bits per heavy atom. The molecular formula is C21H35IN4O. The van der Waals surface area contributed by atoms with Gasteiger partial charge in [-0.1, -0.05) is 44.2 Å². The third kappa shape index (κ3) is 6.61. The van der Waals surface area contributed by atoms with E-state index >= 15 is 0 Å². The van der Waals surface area contributed by atoms with Crippen LogP contribution in [-0.4, -0.2) is 63.3 Å². The Balaban J connectivity index is 0.00000261. The molecule has 0 aromatic heterocycles. The normalized spacial score (nSPS) is 22.2. The first kappa shape index (κ1) is 22.4. The highest BCUT2D eigenvalue weighted by Crippen LogP contribution is 2.47. The second-order valence-corrected chi connectivity index (χ2v) is 8.10. The molecule has 0 spiro atoms. The fourth-order valence-electron chi connectivity index (χ4n) is 3.78. The molecule has 1 atom stereocenters. The molecule has 1 aromatic rings. The van der Waals surface area contributed by atoms with Crippen LogP contribution in [0.25, 0.3) is 0 Å². The SMILES string of the molecule is CN=C(NCC1CN(CC(C)C)CCO1)NCC1(c2ccccc2)CC1.I. The molecule has 0 radical (unpaired) electrons. The quantitative estimate of drug-likeness (QED) is 0.354. The van der Waals surface area contributed by atoms with Crippen LogP contribution >= 0.6 is 24.0 Å². The Morgan fingerprint density at radius 1 is 1.26 bits per heavy atom. The Bertz CT molecular complexity index is 589. The summed E-state index contributed by atoms with van der Waals surface area (Å²) in [6, 6.07) is 10.8. The standard InChI is InChI=1S/C21H34N4O.HI/c1-17(2)14-25-11-12-26-19(15-25)13-23-20(22-3)24-16-21(9-10-21)18-7-5-4-6-8-18;/h4-8,17,19H,9-16H2,1-3H3,(H2,22,23,24);1H. The summed E-state index contributed by atoms with van der Waals surface area (Å²) in [7, 11) is 1.84. The molecule has 3 rings (SSSR count). The van der Waals surface area contributed by atoms with E-state index in [1.165, 1.54) is 18.4 Å². The smallest absolute Gasteiger partial charge is 0.191 e. The van der Waals surface area contributed by atoms with E-state index in [0.29, 0.717) is 5.92 Å². The van der Waals surface area contributed by atoms with Crippen LogP contribution in [0.3, 0.4) is 0 Å². The first-order chi connectivity index (χ1) is 12.6. The van der Waals surface area contributed by atoms with Gasteiger partial charge in [-0.15, -0.1) is 24.0 Å². The maximum absolute atomic E-state index is 5.92. The van der Waals surface area contributed by atoms with E-state index in [9.17, 15) is 0 Å². The van der Waals surface area contributed by atoms with Gasteiger partial charge in [-0.3, -0.25) is 9.89 Å². The summed E-state index contributed by atoms with van der Waals surface area (Å²) in [5.41, 5.74) is 1.72. The number of hydrogen-bond donors (Lipinski definition) is 2. The van der Waals surface area contributed by atoms with E-state index < -0.39 is 0 Å². The van der Waals surface area contributed by atoms with Crippen LogP contribution in [0.5, 0.6) is 0 Å². The van der Waals surface area contributed by atoms with Crippen LogP contribution in [0.4, 0.5) is 0 Å². The second kappa shape index (κ2) is 10.6. The highest BCUT2D eigenvalue weighted by atomic mass is 127. The van der Waals surface area contributed by atoms with Crippen molar-refractivity contribution in [3.8, 4) is 0 Å². The number of hydrogen-bond acceptors (Lipinski definition) is 3. The van der Waals surface area contributed by atoms with Crippen molar-refractivity contribution in [1.82, 2.24) is 15.5 Å². The first-order valence-electron chi connectivity index (χ1n) is 9.95. The predicted molar refractivity (Wildman–Crippen MR) is 123 cm³/mol. The summed E-state index contributed by atoms with van der Waals surface area (Å²) in [4.78, 5) is 6.89.